The number of hydrogen-bond acceptors (Lipinski definition) is 20. The van der Waals surface area contributed by atoms with Gasteiger partial charge in [-0.2, -0.15) is 20.5 Å². The van der Waals surface area contributed by atoms with E-state index in [1.807, 2.05) is 0 Å². The van der Waals surface area contributed by atoms with Crippen molar-refractivity contribution in [1.29, 1.82) is 0 Å². The summed E-state index contributed by atoms with van der Waals surface area (Å²) in [7, 11) is -9.94. The SMILES string of the molecule is [Cr+3].[H+].[NH-]c1c(N=Nc2cc([N+](=O)[O-])cc([N+](=O)[O-])c2[O-])cc(S(=O)(=O)[O-])c2ccccc12.[NH-]c1c(N=Nc2cc([N+](=O)[O-])cc([N+](=O)[O-])c2[O-])cc(S(=O)(=O)[O-])c2ccccc12.[Na+].[Na+]. The molecule has 311 valence electrons. The van der Waals surface area contributed by atoms with Gasteiger partial charge in [0.25, 0.3) is 22.7 Å². The van der Waals surface area contributed by atoms with Crippen LogP contribution in [0.15, 0.2) is 115 Å². The Morgan fingerprint density at radius 1 is 0.476 bits per heavy atom. The van der Waals surface area contributed by atoms with Gasteiger partial charge in [-0.05, 0) is 33.7 Å². The van der Waals surface area contributed by atoms with Crippen LogP contribution in [0.3, 0.4) is 0 Å². The third-order valence-electron chi connectivity index (χ3n) is 7.93. The fourth-order valence-electron chi connectivity index (χ4n) is 5.24. The molecule has 0 unspecified atom stereocenters. The van der Waals surface area contributed by atoms with Crippen molar-refractivity contribution in [2.75, 3.05) is 0 Å². The molecule has 0 aliphatic heterocycles. The summed E-state index contributed by atoms with van der Waals surface area (Å²) in [6.45, 7) is 0. The zero-order valence-corrected chi connectivity index (χ0v) is 38.3. The van der Waals surface area contributed by atoms with E-state index in [-0.39, 0.29) is 111 Å². The minimum Gasteiger partial charge on any atom is -0.866 e. The molecule has 1 radical (unpaired) electrons. The molecule has 2 N–H and O–H groups in total. The molecular weight excluding hydrogens is 943 g/mol. The van der Waals surface area contributed by atoms with E-state index >= 15 is 0 Å². The van der Waals surface area contributed by atoms with Crippen LogP contribution in [0.25, 0.3) is 33.0 Å². The molecule has 0 heterocycles. The van der Waals surface area contributed by atoms with Crippen molar-refractivity contribution in [3.05, 3.63) is 137 Å². The van der Waals surface area contributed by atoms with Crippen LogP contribution in [0.2, 0.25) is 0 Å². The Bertz CT molecular complexity index is 2940. The van der Waals surface area contributed by atoms with E-state index in [2.05, 4.69) is 20.5 Å². The topological polar surface area (TPSA) is 430 Å². The zero-order chi connectivity index (χ0) is 44.4. The fourth-order valence-corrected chi connectivity index (χ4v) is 6.65. The normalized spacial score (nSPS) is 11.2. The van der Waals surface area contributed by atoms with Crippen LogP contribution in [-0.2, 0) is 37.6 Å². The standard InChI is InChI=1S/2C16H10N5O8S.Cr.2Na/c2*17-15-10-4-2-1-3-9(10)14(30(27,28)29)7-11(15)18-19-12-5-8(20(23)24)6-13(16(12)22)21(25)26;;;/h2*1-7H,(H3-,17,18,19,22,27,28,29);;;/q2*-1;+3;2*+1/p-3. The van der Waals surface area contributed by atoms with Gasteiger partial charge in [0.1, 0.15) is 20.2 Å². The molecule has 26 nitrogen and oxygen atoms in total. The Balaban J connectivity index is 0.000000602. The molecule has 0 aliphatic carbocycles. The minimum atomic E-state index is -4.97. The van der Waals surface area contributed by atoms with Gasteiger partial charge in [-0.25, -0.2) is 16.8 Å². The summed E-state index contributed by atoms with van der Waals surface area (Å²) in [4.78, 5) is 38.2. The second kappa shape index (κ2) is 21.0. The molecule has 0 bridgehead atoms. The van der Waals surface area contributed by atoms with Gasteiger partial charge in [0.05, 0.1) is 64.4 Å². The largest absolute Gasteiger partial charge is 3.00 e. The van der Waals surface area contributed by atoms with Gasteiger partial charge in [0, 0.05) is 23.6 Å². The first kappa shape index (κ1) is 53.3. The van der Waals surface area contributed by atoms with Gasteiger partial charge in [0.2, 0.25) is 0 Å². The second-order valence-corrected chi connectivity index (χ2v) is 14.3. The second-order valence-electron chi connectivity index (χ2n) is 11.6. The maximum Gasteiger partial charge on any atom is 3.00 e. The van der Waals surface area contributed by atoms with Crippen molar-refractivity contribution < 1.29 is 134 Å². The Hall–Kier alpha value is -5.81. The Labute approximate surface area is 407 Å². The third-order valence-corrected chi connectivity index (χ3v) is 9.68. The van der Waals surface area contributed by atoms with Gasteiger partial charge in [0.15, 0.2) is 0 Å². The van der Waals surface area contributed by atoms with Crippen molar-refractivity contribution in [3.63, 3.8) is 0 Å². The Morgan fingerprint density at radius 3 is 1.03 bits per heavy atom. The maximum absolute atomic E-state index is 12.1. The molecule has 63 heavy (non-hydrogen) atoms. The molecule has 6 rings (SSSR count). The van der Waals surface area contributed by atoms with Crippen LogP contribution in [0, 0.1) is 40.5 Å². The monoisotopic (exact) mass is 959 g/mol. The average Bonchev–Trinajstić information content (AvgIpc) is 3.17. The molecule has 6 aromatic rings. The molecule has 0 fully saturated rings. The van der Waals surface area contributed by atoms with Gasteiger partial charge in [-0.15, -0.1) is 11.4 Å². The average molecular weight is 960 g/mol. The fraction of sp³-hybridized carbons (Fsp3) is 0. The smallest absolute Gasteiger partial charge is 0.866 e. The first-order valence-electron chi connectivity index (χ1n) is 15.6. The van der Waals surface area contributed by atoms with Crippen molar-refractivity contribution in [3.8, 4) is 11.5 Å². The number of hydrogen-bond donors (Lipinski definition) is 0. The summed E-state index contributed by atoms with van der Waals surface area (Å²) < 4.78 is 69.5. The van der Waals surface area contributed by atoms with Crippen LogP contribution in [0.4, 0.5) is 56.9 Å². The van der Waals surface area contributed by atoms with Gasteiger partial charge in [-0.1, -0.05) is 48.5 Å². The van der Waals surface area contributed by atoms with Crippen LogP contribution in [-0.4, -0.2) is 45.6 Å². The number of nitro benzene ring substituents is 4. The van der Waals surface area contributed by atoms with Crippen LogP contribution in [0.1, 0.15) is 1.43 Å². The van der Waals surface area contributed by atoms with Gasteiger partial charge in [-0.3, -0.25) is 40.5 Å². The van der Waals surface area contributed by atoms with E-state index in [9.17, 15) is 76.6 Å². The van der Waals surface area contributed by atoms with Gasteiger partial charge < -0.3 is 30.8 Å². The van der Waals surface area contributed by atoms with Crippen LogP contribution < -0.4 is 69.3 Å². The van der Waals surface area contributed by atoms with E-state index in [1.54, 1.807) is 0 Å². The van der Waals surface area contributed by atoms with Crippen LogP contribution in [0.5, 0.6) is 11.5 Å². The van der Waals surface area contributed by atoms with E-state index in [1.165, 1.54) is 48.5 Å². The summed E-state index contributed by atoms with van der Waals surface area (Å²) in [5, 5.41) is 82.1. The molecule has 0 amide bonds. The van der Waals surface area contributed by atoms with Gasteiger partial charge >= 0.3 is 77.9 Å². The number of non-ortho nitro benzene ring substituents is 2. The first-order chi connectivity index (χ1) is 28.0. The van der Waals surface area contributed by atoms with Crippen molar-refractivity contribution >= 4 is 98.7 Å². The molecule has 31 heteroatoms. The molecule has 6 aromatic carbocycles. The first-order valence-corrected chi connectivity index (χ1v) is 18.4. The van der Waals surface area contributed by atoms with E-state index in [0.29, 0.717) is 24.3 Å². The number of nitrogens with one attached hydrogen (secondary N) is 2. The van der Waals surface area contributed by atoms with E-state index in [4.69, 9.17) is 11.5 Å². The zero-order valence-electron chi connectivity index (χ0n) is 32.4. The molecular formula is C32H17CrN10Na2O16S2. The number of rotatable bonds is 10. The number of nitrogens with zero attached hydrogens (tertiary/aromatic N) is 8. The van der Waals surface area contributed by atoms with E-state index in [0.717, 1.165) is 12.1 Å². The Morgan fingerprint density at radius 2 is 0.762 bits per heavy atom. The van der Waals surface area contributed by atoms with Crippen molar-refractivity contribution in [1.82, 2.24) is 0 Å². The molecule has 0 atom stereocenters. The minimum absolute atomic E-state index is 0. The number of nitro groups is 4. The summed E-state index contributed by atoms with van der Waals surface area (Å²) >= 11 is 0. The molecule has 0 aliphatic rings. The molecule has 0 aromatic heterocycles. The maximum atomic E-state index is 12.1. The summed E-state index contributed by atoms with van der Waals surface area (Å²) in [5.74, 6) is -2.53. The number of benzene rings is 6. The summed E-state index contributed by atoms with van der Waals surface area (Å²) in [6.07, 6.45) is 0. The van der Waals surface area contributed by atoms with Crippen molar-refractivity contribution in [2.24, 2.45) is 20.5 Å². The quantitative estimate of drug-likeness (QED) is 0.0618. The number of azo groups is 2. The van der Waals surface area contributed by atoms with Crippen molar-refractivity contribution in [2.45, 2.75) is 9.79 Å². The molecule has 0 saturated heterocycles. The predicted octanol–water partition coefficient (Wildman–Crippen LogP) is 1.58. The van der Waals surface area contributed by atoms with Crippen LogP contribution >= 0.6 is 0 Å². The third kappa shape index (κ3) is 11.8. The predicted molar refractivity (Wildman–Crippen MR) is 200 cm³/mol. The van der Waals surface area contributed by atoms with E-state index < -0.39 is 107 Å². The summed E-state index contributed by atoms with van der Waals surface area (Å²) in [5.41, 5.74) is 9.40. The number of fused-ring (bicyclic) bond motifs is 2. The Kier molecular flexibility index (Phi) is 17.8. The molecule has 0 spiro atoms. The molecule has 0 saturated carbocycles. The summed E-state index contributed by atoms with van der Waals surface area (Å²) in [6, 6.07) is 15.0.